The van der Waals surface area contributed by atoms with E-state index in [9.17, 15) is 4.79 Å². The van der Waals surface area contributed by atoms with Crippen LogP contribution in [0.25, 0.3) is 0 Å². The Kier molecular flexibility index (Phi) is 3.85. The predicted molar refractivity (Wildman–Crippen MR) is 54.6 cm³/mol. The fourth-order valence-corrected chi connectivity index (χ4v) is 0.849. The number of carbonyl (C=O) groups is 1. The van der Waals surface area contributed by atoms with E-state index in [1.54, 1.807) is 0 Å². The molecule has 3 heteroatoms. The third kappa shape index (κ3) is 3.39. The van der Waals surface area contributed by atoms with Crippen molar-refractivity contribution in [2.24, 2.45) is 4.99 Å². The van der Waals surface area contributed by atoms with Crippen LogP contribution in [0.5, 0.6) is 0 Å². The van der Waals surface area contributed by atoms with E-state index in [2.05, 4.69) is 16.2 Å². The van der Waals surface area contributed by atoms with Gasteiger partial charge in [-0.1, -0.05) is 17.7 Å². The number of hydrogen-bond donors (Lipinski definition) is 0. The van der Waals surface area contributed by atoms with Gasteiger partial charge in [-0.2, -0.15) is 0 Å². The van der Waals surface area contributed by atoms with Gasteiger partial charge in [0, 0.05) is 6.21 Å². The van der Waals surface area contributed by atoms with E-state index in [1.165, 1.54) is 18.9 Å². The molecule has 0 fully saturated rings. The molecule has 0 aromatic heterocycles. The van der Waals surface area contributed by atoms with Gasteiger partial charge in [-0.25, -0.2) is 0 Å². The van der Waals surface area contributed by atoms with Gasteiger partial charge in [0.2, 0.25) is 0 Å². The molecule has 1 aromatic carbocycles. The molecule has 0 aliphatic heterocycles. The SMILES string of the molecule is COC(=O)[C]C=Nc1ccc(C)cc1. The van der Waals surface area contributed by atoms with E-state index in [4.69, 9.17) is 0 Å². The first kappa shape index (κ1) is 10.4. The number of nitrogens with zero attached hydrogens (tertiary/aromatic N) is 1. The van der Waals surface area contributed by atoms with Gasteiger partial charge in [0.25, 0.3) is 0 Å². The molecule has 14 heavy (non-hydrogen) atoms. The first-order chi connectivity index (χ1) is 6.72. The zero-order valence-corrected chi connectivity index (χ0v) is 8.15. The van der Waals surface area contributed by atoms with Gasteiger partial charge in [0.15, 0.2) is 0 Å². The second kappa shape index (κ2) is 5.17. The molecular formula is C11H11NO2. The molecule has 1 rings (SSSR count). The average Bonchev–Trinajstić information content (AvgIpc) is 2.21. The molecule has 0 N–H and O–H groups in total. The molecule has 0 heterocycles. The number of esters is 1. The lowest BCUT2D eigenvalue weighted by Gasteiger charge is -1.94. The minimum Gasteiger partial charge on any atom is -0.468 e. The quantitative estimate of drug-likeness (QED) is 0.538. The van der Waals surface area contributed by atoms with E-state index in [-0.39, 0.29) is 0 Å². The summed E-state index contributed by atoms with van der Waals surface area (Å²) in [6.07, 6.45) is 3.64. The lowest BCUT2D eigenvalue weighted by atomic mass is 10.2. The number of carbonyl (C=O) groups excluding carboxylic acids is 1. The third-order valence-corrected chi connectivity index (χ3v) is 1.62. The molecule has 0 saturated heterocycles. The van der Waals surface area contributed by atoms with Gasteiger partial charge in [-0.05, 0) is 19.1 Å². The molecule has 0 amide bonds. The summed E-state index contributed by atoms with van der Waals surface area (Å²) in [7, 11) is 1.30. The van der Waals surface area contributed by atoms with Gasteiger partial charge in [0.05, 0.1) is 12.8 Å². The Morgan fingerprint density at radius 1 is 1.43 bits per heavy atom. The minimum absolute atomic E-state index is 0.527. The van der Waals surface area contributed by atoms with Crippen LogP contribution >= 0.6 is 0 Å². The van der Waals surface area contributed by atoms with Crippen molar-refractivity contribution < 1.29 is 9.53 Å². The highest BCUT2D eigenvalue weighted by Crippen LogP contribution is 2.11. The van der Waals surface area contributed by atoms with Crippen LogP contribution in [-0.2, 0) is 9.53 Å². The van der Waals surface area contributed by atoms with Crippen molar-refractivity contribution in [1.82, 2.24) is 0 Å². The zero-order chi connectivity index (χ0) is 10.4. The summed E-state index contributed by atoms with van der Waals surface area (Å²) in [6, 6.07) is 7.63. The van der Waals surface area contributed by atoms with Crippen LogP contribution in [0.4, 0.5) is 5.69 Å². The maximum Gasteiger partial charge on any atom is 0.320 e. The Morgan fingerprint density at radius 2 is 2.07 bits per heavy atom. The van der Waals surface area contributed by atoms with Gasteiger partial charge in [-0.3, -0.25) is 9.79 Å². The number of aliphatic imine (C=N–C) groups is 1. The number of hydrogen-bond acceptors (Lipinski definition) is 3. The van der Waals surface area contributed by atoms with E-state index < -0.39 is 5.97 Å². The van der Waals surface area contributed by atoms with Crippen molar-refractivity contribution in [2.45, 2.75) is 6.92 Å². The predicted octanol–water partition coefficient (Wildman–Crippen LogP) is 1.95. The van der Waals surface area contributed by atoms with Crippen molar-refractivity contribution in [1.29, 1.82) is 0 Å². The summed E-state index contributed by atoms with van der Waals surface area (Å²) < 4.78 is 4.37. The summed E-state index contributed by atoms with van der Waals surface area (Å²) in [4.78, 5) is 14.6. The van der Waals surface area contributed by atoms with Gasteiger partial charge >= 0.3 is 5.97 Å². The second-order valence-corrected chi connectivity index (χ2v) is 2.73. The molecule has 0 saturated carbocycles. The molecule has 0 aliphatic rings. The molecule has 72 valence electrons. The average molecular weight is 189 g/mol. The second-order valence-electron chi connectivity index (χ2n) is 2.73. The van der Waals surface area contributed by atoms with Crippen molar-refractivity contribution >= 4 is 17.9 Å². The molecular weight excluding hydrogens is 178 g/mol. The van der Waals surface area contributed by atoms with E-state index in [0.717, 1.165) is 5.69 Å². The highest BCUT2D eigenvalue weighted by molar-refractivity contribution is 5.98. The monoisotopic (exact) mass is 189 g/mol. The maximum atomic E-state index is 10.6. The Morgan fingerprint density at radius 3 is 2.64 bits per heavy atom. The smallest absolute Gasteiger partial charge is 0.320 e. The molecule has 0 atom stereocenters. The van der Waals surface area contributed by atoms with Crippen LogP contribution in [0, 0.1) is 13.3 Å². The van der Waals surface area contributed by atoms with Crippen molar-refractivity contribution in [3.8, 4) is 0 Å². The number of rotatable bonds is 3. The fourth-order valence-electron chi connectivity index (χ4n) is 0.849. The summed E-state index contributed by atoms with van der Waals surface area (Å²) >= 11 is 0. The number of benzene rings is 1. The Hall–Kier alpha value is -1.64. The van der Waals surface area contributed by atoms with Crippen LogP contribution in [0.15, 0.2) is 29.3 Å². The van der Waals surface area contributed by atoms with Crippen LogP contribution in [0.3, 0.4) is 0 Å². The lowest BCUT2D eigenvalue weighted by molar-refractivity contribution is -0.135. The topological polar surface area (TPSA) is 38.7 Å². The normalized spacial score (nSPS) is 10.4. The number of methoxy groups -OCH3 is 1. The van der Waals surface area contributed by atoms with Crippen molar-refractivity contribution in [3.05, 3.63) is 36.2 Å². The van der Waals surface area contributed by atoms with E-state index in [0.29, 0.717) is 0 Å². The lowest BCUT2D eigenvalue weighted by Crippen LogP contribution is -2.00. The molecule has 0 bridgehead atoms. The third-order valence-electron chi connectivity index (χ3n) is 1.62. The summed E-state index contributed by atoms with van der Waals surface area (Å²) in [6.45, 7) is 2.00. The molecule has 2 radical (unpaired) electrons. The van der Waals surface area contributed by atoms with E-state index in [1.807, 2.05) is 31.2 Å². The molecule has 0 aliphatic carbocycles. The van der Waals surface area contributed by atoms with Crippen molar-refractivity contribution in [2.75, 3.05) is 7.11 Å². The van der Waals surface area contributed by atoms with Gasteiger partial charge in [0.1, 0.15) is 6.42 Å². The number of aryl methyl sites for hydroxylation is 1. The Bertz CT molecular complexity index is 328. The number of ether oxygens (including phenoxy) is 1. The Balaban J connectivity index is 2.52. The molecule has 0 spiro atoms. The molecule has 0 unspecified atom stereocenters. The van der Waals surface area contributed by atoms with E-state index >= 15 is 0 Å². The Labute approximate surface area is 83.4 Å². The maximum absolute atomic E-state index is 10.6. The summed E-state index contributed by atoms with van der Waals surface area (Å²) in [5.41, 5.74) is 1.96. The highest BCUT2D eigenvalue weighted by Gasteiger charge is 1.96. The first-order valence-corrected chi connectivity index (χ1v) is 4.16. The van der Waals surface area contributed by atoms with Crippen LogP contribution in [-0.4, -0.2) is 19.3 Å². The molecule has 1 aromatic rings. The largest absolute Gasteiger partial charge is 0.468 e. The summed E-state index contributed by atoms with van der Waals surface area (Å²) in [5, 5.41) is 0. The molecule has 3 nitrogen and oxygen atoms in total. The fraction of sp³-hybridized carbons (Fsp3) is 0.182. The van der Waals surface area contributed by atoms with Crippen LogP contribution in [0.1, 0.15) is 5.56 Å². The van der Waals surface area contributed by atoms with Crippen LogP contribution < -0.4 is 0 Å². The minimum atomic E-state index is -0.527. The first-order valence-electron chi connectivity index (χ1n) is 4.16. The highest BCUT2D eigenvalue weighted by atomic mass is 16.5. The van der Waals surface area contributed by atoms with Gasteiger partial charge < -0.3 is 4.74 Å². The van der Waals surface area contributed by atoms with Crippen molar-refractivity contribution in [3.63, 3.8) is 0 Å². The summed E-state index contributed by atoms with van der Waals surface area (Å²) in [5.74, 6) is -0.527. The zero-order valence-electron chi connectivity index (χ0n) is 8.15. The standard InChI is InChI=1S/C11H11NO2/c1-9-3-5-10(6-4-9)12-8-7-11(13)14-2/h3-6,8H,1-2H3. The van der Waals surface area contributed by atoms with Crippen LogP contribution in [0.2, 0.25) is 0 Å². The van der Waals surface area contributed by atoms with Gasteiger partial charge in [-0.15, -0.1) is 0 Å².